The molecule has 0 bridgehead atoms. The Bertz CT molecular complexity index is 267. The highest BCUT2D eigenvalue weighted by Crippen LogP contribution is 2.16. The Kier molecular flexibility index (Phi) is 2.96. The number of thioether (sulfide) groups is 1. The lowest BCUT2D eigenvalue weighted by Crippen LogP contribution is -2.36. The second-order valence-electron chi connectivity index (χ2n) is 3.77. The van der Waals surface area contributed by atoms with Gasteiger partial charge in [0.2, 0.25) is 5.91 Å². The van der Waals surface area contributed by atoms with Crippen LogP contribution in [0.2, 0.25) is 0 Å². The standard InChI is InChI=1S/C9H15N3OS/c1-6-2-3-14-9(11-6)12-7-4-8(13)10-5-7/h6-7H,2-5H2,1H3,(H,10,13)(H,11,12). The molecule has 1 saturated heterocycles. The lowest BCUT2D eigenvalue weighted by molar-refractivity contribution is -0.119. The molecule has 2 unspecified atom stereocenters. The predicted molar refractivity (Wildman–Crippen MR) is 58.5 cm³/mol. The van der Waals surface area contributed by atoms with Crippen molar-refractivity contribution in [2.24, 2.45) is 4.99 Å². The normalized spacial score (nSPS) is 32.4. The van der Waals surface area contributed by atoms with Crippen molar-refractivity contribution in [3.05, 3.63) is 0 Å². The quantitative estimate of drug-likeness (QED) is 0.660. The highest BCUT2D eigenvalue weighted by molar-refractivity contribution is 8.13. The highest BCUT2D eigenvalue weighted by atomic mass is 32.2. The van der Waals surface area contributed by atoms with Crippen molar-refractivity contribution in [1.29, 1.82) is 0 Å². The zero-order valence-corrected chi connectivity index (χ0v) is 9.06. The van der Waals surface area contributed by atoms with Crippen LogP contribution in [0.3, 0.4) is 0 Å². The van der Waals surface area contributed by atoms with Gasteiger partial charge in [-0.15, -0.1) is 0 Å². The fourth-order valence-electron chi connectivity index (χ4n) is 1.59. The molecule has 2 N–H and O–H groups in total. The summed E-state index contributed by atoms with van der Waals surface area (Å²) in [7, 11) is 0. The third kappa shape index (κ3) is 2.41. The molecule has 1 amide bonds. The summed E-state index contributed by atoms with van der Waals surface area (Å²) >= 11 is 1.75. The van der Waals surface area contributed by atoms with Gasteiger partial charge >= 0.3 is 0 Å². The van der Waals surface area contributed by atoms with Gasteiger partial charge in [-0.2, -0.15) is 0 Å². The van der Waals surface area contributed by atoms with Gasteiger partial charge in [-0.1, -0.05) is 11.8 Å². The molecule has 2 heterocycles. The van der Waals surface area contributed by atoms with Crippen LogP contribution in [0, 0.1) is 0 Å². The number of nitrogens with zero attached hydrogens (tertiary/aromatic N) is 1. The zero-order chi connectivity index (χ0) is 9.97. The van der Waals surface area contributed by atoms with Gasteiger partial charge in [0.1, 0.15) is 0 Å². The minimum atomic E-state index is 0.136. The maximum atomic E-state index is 11.0. The first-order valence-electron chi connectivity index (χ1n) is 4.98. The number of hydrogen-bond donors (Lipinski definition) is 2. The molecule has 2 aliphatic rings. The van der Waals surface area contributed by atoms with Gasteiger partial charge in [-0.05, 0) is 13.3 Å². The van der Waals surface area contributed by atoms with Crippen molar-refractivity contribution in [3.63, 3.8) is 0 Å². The van der Waals surface area contributed by atoms with Crippen molar-refractivity contribution in [2.45, 2.75) is 31.8 Å². The van der Waals surface area contributed by atoms with E-state index in [0.717, 1.165) is 23.9 Å². The molecule has 5 heteroatoms. The molecule has 14 heavy (non-hydrogen) atoms. The lowest BCUT2D eigenvalue weighted by Gasteiger charge is -2.20. The van der Waals surface area contributed by atoms with E-state index in [4.69, 9.17) is 0 Å². The molecule has 0 radical (unpaired) electrons. The molecule has 0 saturated carbocycles. The van der Waals surface area contributed by atoms with E-state index in [1.54, 1.807) is 11.8 Å². The average molecular weight is 213 g/mol. The van der Waals surface area contributed by atoms with Crippen molar-refractivity contribution in [1.82, 2.24) is 10.6 Å². The van der Waals surface area contributed by atoms with Crippen molar-refractivity contribution in [2.75, 3.05) is 12.3 Å². The molecule has 2 aliphatic heterocycles. The number of hydrogen-bond acceptors (Lipinski definition) is 4. The van der Waals surface area contributed by atoms with E-state index in [1.165, 1.54) is 0 Å². The van der Waals surface area contributed by atoms with Gasteiger partial charge in [-0.3, -0.25) is 9.79 Å². The number of carbonyl (C=O) groups is 1. The summed E-state index contributed by atoms with van der Waals surface area (Å²) in [5.74, 6) is 1.26. The first kappa shape index (κ1) is 9.83. The minimum absolute atomic E-state index is 0.136. The topological polar surface area (TPSA) is 53.5 Å². The van der Waals surface area contributed by atoms with E-state index >= 15 is 0 Å². The average Bonchev–Trinajstić information content (AvgIpc) is 2.51. The van der Waals surface area contributed by atoms with Gasteiger partial charge in [0.25, 0.3) is 0 Å². The van der Waals surface area contributed by atoms with Gasteiger partial charge in [-0.25, -0.2) is 0 Å². The summed E-state index contributed by atoms with van der Waals surface area (Å²) < 4.78 is 0. The number of rotatable bonds is 1. The number of carbonyl (C=O) groups excluding carboxylic acids is 1. The zero-order valence-electron chi connectivity index (χ0n) is 8.25. The SMILES string of the molecule is CC1CCSC(NC2CNC(=O)C2)=N1. The maximum Gasteiger partial charge on any atom is 0.222 e. The predicted octanol–water partition coefficient (Wildman–Crippen LogP) is 0.346. The van der Waals surface area contributed by atoms with Crippen molar-refractivity contribution in [3.8, 4) is 0 Å². The van der Waals surface area contributed by atoms with Crippen LogP contribution in [-0.4, -0.2) is 35.5 Å². The maximum absolute atomic E-state index is 11.0. The van der Waals surface area contributed by atoms with E-state index in [1.807, 2.05) is 0 Å². The first-order valence-corrected chi connectivity index (χ1v) is 5.96. The third-order valence-electron chi connectivity index (χ3n) is 2.42. The Morgan fingerprint density at radius 3 is 3.14 bits per heavy atom. The third-order valence-corrected chi connectivity index (χ3v) is 3.35. The molecule has 0 aromatic rings. The highest BCUT2D eigenvalue weighted by Gasteiger charge is 2.23. The van der Waals surface area contributed by atoms with E-state index in [0.29, 0.717) is 12.5 Å². The van der Waals surface area contributed by atoms with Crippen molar-refractivity contribution >= 4 is 22.8 Å². The van der Waals surface area contributed by atoms with E-state index < -0.39 is 0 Å². The summed E-state index contributed by atoms with van der Waals surface area (Å²) in [6.45, 7) is 2.85. The van der Waals surface area contributed by atoms with E-state index in [-0.39, 0.29) is 11.9 Å². The molecule has 1 fully saturated rings. The molecule has 2 rings (SSSR count). The number of amidine groups is 1. The van der Waals surface area contributed by atoms with Crippen molar-refractivity contribution < 1.29 is 4.79 Å². The summed E-state index contributed by atoms with van der Waals surface area (Å²) in [6.07, 6.45) is 1.73. The minimum Gasteiger partial charge on any atom is -0.360 e. The molecule has 0 aromatic carbocycles. The smallest absolute Gasteiger partial charge is 0.222 e. The van der Waals surface area contributed by atoms with Crippen LogP contribution < -0.4 is 10.6 Å². The van der Waals surface area contributed by atoms with Crippen LogP contribution in [0.1, 0.15) is 19.8 Å². The Labute approximate surface area is 87.9 Å². The molecular formula is C9H15N3OS. The summed E-state index contributed by atoms with van der Waals surface area (Å²) in [5.41, 5.74) is 0. The molecular weight excluding hydrogens is 198 g/mol. The van der Waals surface area contributed by atoms with Gasteiger partial charge in [0, 0.05) is 18.7 Å². The van der Waals surface area contributed by atoms with Gasteiger partial charge < -0.3 is 10.6 Å². The van der Waals surface area contributed by atoms with Gasteiger partial charge in [0.05, 0.1) is 12.1 Å². The number of amides is 1. The molecule has 4 nitrogen and oxygen atoms in total. The second-order valence-corrected chi connectivity index (χ2v) is 4.85. The van der Waals surface area contributed by atoms with Crippen LogP contribution >= 0.6 is 11.8 Å². The molecule has 0 aliphatic carbocycles. The largest absolute Gasteiger partial charge is 0.360 e. The fourth-order valence-corrected chi connectivity index (χ4v) is 2.75. The summed E-state index contributed by atoms with van der Waals surface area (Å²) in [5, 5.41) is 7.12. The van der Waals surface area contributed by atoms with E-state index in [2.05, 4.69) is 22.5 Å². The number of aliphatic imine (C=N–C) groups is 1. The van der Waals surface area contributed by atoms with Crippen LogP contribution in [0.4, 0.5) is 0 Å². The first-order chi connectivity index (χ1) is 6.74. The molecule has 0 aromatic heterocycles. The van der Waals surface area contributed by atoms with Gasteiger partial charge in [0.15, 0.2) is 5.17 Å². The summed E-state index contributed by atoms with van der Waals surface area (Å²) in [4.78, 5) is 15.5. The fraction of sp³-hybridized carbons (Fsp3) is 0.778. The van der Waals surface area contributed by atoms with Crippen LogP contribution in [0.5, 0.6) is 0 Å². The van der Waals surface area contributed by atoms with Crippen LogP contribution in [0.15, 0.2) is 4.99 Å². The Morgan fingerprint density at radius 2 is 2.50 bits per heavy atom. The van der Waals surface area contributed by atoms with E-state index in [9.17, 15) is 4.79 Å². The lowest BCUT2D eigenvalue weighted by atomic mass is 10.2. The Hall–Kier alpha value is -0.710. The van der Waals surface area contributed by atoms with Crippen LogP contribution in [-0.2, 0) is 4.79 Å². The Balaban J connectivity index is 1.87. The molecule has 0 spiro atoms. The summed E-state index contributed by atoms with van der Waals surface area (Å²) in [6, 6.07) is 0.655. The second kappa shape index (κ2) is 4.21. The Morgan fingerprint density at radius 1 is 1.64 bits per heavy atom. The monoisotopic (exact) mass is 213 g/mol. The molecule has 78 valence electrons. The molecule has 2 atom stereocenters. The van der Waals surface area contributed by atoms with Crippen LogP contribution in [0.25, 0.3) is 0 Å². The number of nitrogens with one attached hydrogen (secondary N) is 2.